The zero-order valence-corrected chi connectivity index (χ0v) is 59.3. The molecule has 0 aromatic heterocycles. The summed E-state index contributed by atoms with van der Waals surface area (Å²) in [5.41, 5.74) is 9.07. The summed E-state index contributed by atoms with van der Waals surface area (Å²) in [5.74, 6) is 4.45. The second-order valence-electron chi connectivity index (χ2n) is 34.3. The summed E-state index contributed by atoms with van der Waals surface area (Å²) in [6.45, 7) is 40.0. The van der Waals surface area contributed by atoms with E-state index in [2.05, 4.69) is 234 Å². The Labute approximate surface area is 575 Å². The molecule has 3 spiro atoms. The van der Waals surface area contributed by atoms with E-state index in [0.29, 0.717) is 102 Å². The summed E-state index contributed by atoms with van der Waals surface area (Å²) in [6, 6.07) is 51.5. The van der Waals surface area contributed by atoms with Crippen LogP contribution in [0.4, 0.5) is 0 Å². The van der Waals surface area contributed by atoms with Crippen LogP contribution in [0.25, 0.3) is 98.0 Å². The first kappa shape index (κ1) is 60.0. The fourth-order valence-corrected chi connectivity index (χ4v) is 15.4. The van der Waals surface area contributed by atoms with E-state index >= 15 is 0 Å². The molecular formula is C87H78O12. The molecule has 2 atom stereocenters. The van der Waals surface area contributed by atoms with Gasteiger partial charge in [-0.1, -0.05) is 210 Å². The maximum Gasteiger partial charge on any atom is 0.611 e. The van der Waals surface area contributed by atoms with Gasteiger partial charge in [0.15, 0.2) is 69.0 Å². The van der Waals surface area contributed by atoms with Crippen molar-refractivity contribution in [1.82, 2.24) is 0 Å². The van der Waals surface area contributed by atoms with Crippen LogP contribution < -0.4 is 56.8 Å². The molecule has 9 bridgehead atoms. The molecule has 0 saturated carbocycles. The first-order valence-electron chi connectivity index (χ1n) is 34.5. The fraction of sp³-hybridized carbons (Fsp3) is 0.310. The Hall–Kier alpha value is -10.2. The normalized spacial score (nSPS) is 19.7. The number of hydrogen-bond acceptors (Lipinski definition) is 12. The Morgan fingerprint density at radius 1 is 0.182 bits per heavy atom. The highest BCUT2D eigenvalue weighted by atomic mass is 17.1. The molecule has 7 aliphatic heterocycles. The molecule has 0 amide bonds. The van der Waals surface area contributed by atoms with Gasteiger partial charge in [-0.2, -0.15) is 0 Å². The Morgan fingerprint density at radius 3 is 0.576 bits per heavy atom. The SMILES string of the molecule is CC(C)(C)c1ccc2c3c4c(cc2c1)OC1(Oc2cc5ccc(C(C)(C)C)cc5c(c2O1)-c1c2c(cc5ccc(C(C)(C)C)cc15)OC1(Oc5cc6ccc(C(C)(C)C)cc6c(c5O1)-c1c5c(cc6ccc(C(C)(C)C)cc16)OC1(Oc6cc7cc(C(C)(C)C)ccc7c-3c6O1)O5)O2)O4. The number of hydrogen-bond donors (Lipinski definition) is 0. The molecule has 0 saturated heterocycles. The quantitative estimate of drug-likeness (QED) is 0.144. The van der Waals surface area contributed by atoms with E-state index in [1.165, 1.54) is 0 Å². The maximum atomic E-state index is 7.51. The second kappa shape index (κ2) is 18.8. The highest BCUT2D eigenvalue weighted by molar-refractivity contribution is 6.16. The van der Waals surface area contributed by atoms with Gasteiger partial charge in [0, 0.05) is 33.4 Å². The average Bonchev–Trinajstić information content (AvgIpc) is 1.57. The highest BCUT2D eigenvalue weighted by Crippen LogP contribution is 2.66. The molecule has 12 heteroatoms. The van der Waals surface area contributed by atoms with Crippen LogP contribution in [0.3, 0.4) is 0 Å². The number of ether oxygens (including phenoxy) is 12. The highest BCUT2D eigenvalue weighted by Gasteiger charge is 2.61. The number of rotatable bonds is 0. The molecule has 0 N–H and O–H groups in total. The Balaban J connectivity index is 0.959. The lowest BCUT2D eigenvalue weighted by Crippen LogP contribution is -2.47. The van der Waals surface area contributed by atoms with Crippen molar-refractivity contribution < 1.29 is 56.8 Å². The molecular weight excluding hydrogens is 1240 g/mol. The van der Waals surface area contributed by atoms with Crippen molar-refractivity contribution in [3.8, 4) is 102 Å². The first-order chi connectivity index (χ1) is 46.6. The molecule has 12 aromatic rings. The number of benzene rings is 12. The van der Waals surface area contributed by atoms with Crippen LogP contribution in [0.5, 0.6) is 69.0 Å². The van der Waals surface area contributed by atoms with Crippen molar-refractivity contribution in [1.29, 1.82) is 0 Å². The average molecular weight is 1320 g/mol. The maximum absolute atomic E-state index is 7.51. The van der Waals surface area contributed by atoms with Gasteiger partial charge >= 0.3 is 18.5 Å². The third-order valence-electron chi connectivity index (χ3n) is 21.1. The zero-order chi connectivity index (χ0) is 68.7. The predicted molar refractivity (Wildman–Crippen MR) is 389 cm³/mol. The van der Waals surface area contributed by atoms with E-state index in [1.807, 2.05) is 36.4 Å². The van der Waals surface area contributed by atoms with E-state index in [4.69, 9.17) is 56.8 Å². The van der Waals surface area contributed by atoms with Gasteiger partial charge in [0.25, 0.3) is 0 Å². The predicted octanol–water partition coefficient (Wildman–Crippen LogP) is 22.3. The largest absolute Gasteiger partial charge is 0.611 e. The van der Waals surface area contributed by atoms with Crippen LogP contribution in [-0.4, -0.2) is 18.5 Å². The van der Waals surface area contributed by atoms with E-state index in [9.17, 15) is 0 Å². The molecule has 12 aromatic carbocycles. The standard InChI is InChI=1S/C87H78O12/c1-79(2,3)49-27-29-55-47(31-49)37-65-73-67(55)68-56-30-28-50(80(4,5)6)32-48(56)38-66-74(68)95-87(93-66)91-64-36-46-22-26-54(84(16,17)18)42-60(46)72(78(64)99-87)70-58-40-52(82(10,11)12)24-20-44(58)34-62-76(70)97-85(89-62)88-61-33-43-19-23-51(81(7,8)9)39-57(43)69(75(61)96-85)71-59-41-53(83(13,14)15)25-21-45(59)35-63-77(71)98-86(90-63,92-65)94-73/h19-42H,1-18H3. The third kappa shape index (κ3) is 8.75. The minimum Gasteiger partial charge on any atom is -0.382 e. The minimum absolute atomic E-state index is 0.223. The van der Waals surface area contributed by atoms with Crippen LogP contribution >= 0.6 is 0 Å². The van der Waals surface area contributed by atoms with Gasteiger partial charge in [-0.3, -0.25) is 0 Å². The van der Waals surface area contributed by atoms with Crippen LogP contribution in [0.15, 0.2) is 146 Å². The second-order valence-corrected chi connectivity index (χ2v) is 34.3. The Kier molecular flexibility index (Phi) is 11.4. The summed E-state index contributed by atoms with van der Waals surface area (Å²) in [4.78, 5) is 0. The Morgan fingerprint density at radius 2 is 0.364 bits per heavy atom. The zero-order valence-electron chi connectivity index (χ0n) is 59.3. The fourth-order valence-electron chi connectivity index (χ4n) is 15.4. The summed E-state index contributed by atoms with van der Waals surface area (Å²) in [7, 11) is 0. The van der Waals surface area contributed by atoms with Crippen molar-refractivity contribution in [2.45, 2.75) is 176 Å². The molecule has 12 nitrogen and oxygen atoms in total. The molecule has 498 valence electrons. The van der Waals surface area contributed by atoms with Crippen molar-refractivity contribution in [2.24, 2.45) is 0 Å². The van der Waals surface area contributed by atoms with Crippen LogP contribution in [0.2, 0.25) is 0 Å². The lowest BCUT2D eigenvalue weighted by atomic mass is 9.82. The van der Waals surface area contributed by atoms with E-state index in [-0.39, 0.29) is 32.5 Å². The molecule has 0 aliphatic carbocycles. The van der Waals surface area contributed by atoms with Crippen molar-refractivity contribution in [2.75, 3.05) is 0 Å². The minimum atomic E-state index is -2.22. The molecule has 99 heavy (non-hydrogen) atoms. The lowest BCUT2D eigenvalue weighted by molar-refractivity contribution is -0.331. The van der Waals surface area contributed by atoms with Crippen LogP contribution in [-0.2, 0) is 32.5 Å². The van der Waals surface area contributed by atoms with Gasteiger partial charge in [0.2, 0.25) is 0 Å². The van der Waals surface area contributed by atoms with E-state index in [1.54, 1.807) is 0 Å². The van der Waals surface area contributed by atoms with Gasteiger partial charge in [-0.05, 0) is 191 Å². The monoisotopic (exact) mass is 1310 g/mol. The van der Waals surface area contributed by atoms with Gasteiger partial charge < -0.3 is 56.8 Å². The summed E-state index contributed by atoms with van der Waals surface area (Å²) in [6.07, 6.45) is -6.65. The molecule has 7 heterocycles. The lowest BCUT2D eigenvalue weighted by Gasteiger charge is -2.23. The summed E-state index contributed by atoms with van der Waals surface area (Å²) < 4.78 is 88.4. The molecule has 7 aliphatic rings. The molecule has 2 unspecified atom stereocenters. The third-order valence-corrected chi connectivity index (χ3v) is 21.1. The van der Waals surface area contributed by atoms with Crippen molar-refractivity contribution in [3.63, 3.8) is 0 Å². The van der Waals surface area contributed by atoms with Crippen molar-refractivity contribution >= 4 is 64.6 Å². The van der Waals surface area contributed by atoms with Crippen LogP contribution in [0, 0.1) is 0 Å². The van der Waals surface area contributed by atoms with Gasteiger partial charge in [-0.25, -0.2) is 0 Å². The van der Waals surface area contributed by atoms with Crippen molar-refractivity contribution in [3.05, 3.63) is 179 Å². The molecule has 0 radical (unpaired) electrons. The van der Waals surface area contributed by atoms with E-state index < -0.39 is 18.5 Å². The molecule has 0 fully saturated rings. The van der Waals surface area contributed by atoms with E-state index in [0.717, 1.165) is 98.0 Å². The molecule has 19 rings (SSSR count). The van der Waals surface area contributed by atoms with Gasteiger partial charge in [0.05, 0.1) is 0 Å². The summed E-state index contributed by atoms with van der Waals surface area (Å²) in [5, 5.41) is 10.4. The van der Waals surface area contributed by atoms with Gasteiger partial charge in [0.1, 0.15) is 0 Å². The topological polar surface area (TPSA) is 111 Å². The number of fused-ring (bicyclic) bond motifs is 15. The summed E-state index contributed by atoms with van der Waals surface area (Å²) >= 11 is 0. The van der Waals surface area contributed by atoms with Gasteiger partial charge in [-0.15, -0.1) is 0 Å². The Bertz CT molecular complexity index is 5360. The first-order valence-corrected chi connectivity index (χ1v) is 34.5. The van der Waals surface area contributed by atoms with Crippen LogP contribution in [0.1, 0.15) is 158 Å². The smallest absolute Gasteiger partial charge is 0.382 e.